The molecule has 0 saturated carbocycles. The van der Waals surface area contributed by atoms with Gasteiger partial charge in [-0.1, -0.05) is 107 Å². The first-order chi connectivity index (χ1) is 22.2. The van der Waals surface area contributed by atoms with Crippen molar-refractivity contribution < 1.29 is 22.8 Å². The van der Waals surface area contributed by atoms with E-state index in [4.69, 9.17) is 2.74 Å². The van der Waals surface area contributed by atoms with Gasteiger partial charge in [0.05, 0.1) is 8.07 Å². The maximum atomic E-state index is 8.56. The van der Waals surface area contributed by atoms with Crippen molar-refractivity contribution in [2.45, 2.75) is 59.1 Å². The van der Waals surface area contributed by atoms with Crippen molar-refractivity contribution in [3.05, 3.63) is 127 Å². The second-order valence-electron chi connectivity index (χ2n) is 12.9. The average molecular weight is 815 g/mol. The van der Waals surface area contributed by atoms with Crippen LogP contribution in [0.15, 0.2) is 103 Å². The summed E-state index contributed by atoms with van der Waals surface area (Å²) in [4.78, 5) is 9.14. The Morgan fingerprint density at radius 3 is 2.13 bits per heavy atom. The Kier molecular flexibility index (Phi) is 9.55. The molecule has 0 aliphatic rings. The van der Waals surface area contributed by atoms with Crippen LogP contribution in [0.3, 0.4) is 0 Å². The van der Waals surface area contributed by atoms with E-state index in [9.17, 15) is 0 Å². The second-order valence-corrected chi connectivity index (χ2v) is 19.0. The van der Waals surface area contributed by atoms with E-state index in [1.165, 1.54) is 26.0 Å². The third-order valence-corrected chi connectivity index (χ3v) is 11.5. The molecule has 7 aromatic rings. The summed E-state index contributed by atoms with van der Waals surface area (Å²) < 4.78 is 19.3. The van der Waals surface area contributed by atoms with E-state index in [-0.39, 0.29) is 20.1 Å². The molecule has 46 heavy (non-hydrogen) atoms. The van der Waals surface area contributed by atoms with Crippen LogP contribution in [-0.2, 0) is 20.1 Å². The molecule has 3 heterocycles. The first kappa shape index (κ1) is 31.1. The van der Waals surface area contributed by atoms with Crippen LogP contribution in [0.5, 0.6) is 0 Å². The molecule has 0 saturated heterocycles. The van der Waals surface area contributed by atoms with E-state index in [2.05, 4.69) is 90.3 Å². The summed E-state index contributed by atoms with van der Waals surface area (Å²) in [7, 11) is -1.23. The maximum Gasteiger partial charge on any atom is 0.0795 e. The third kappa shape index (κ3) is 6.94. The van der Waals surface area contributed by atoms with E-state index in [0.29, 0.717) is 0 Å². The predicted octanol–water partition coefficient (Wildman–Crippen LogP) is 11.4. The van der Waals surface area contributed by atoms with E-state index in [0.717, 1.165) is 43.7 Å². The van der Waals surface area contributed by atoms with E-state index in [1.54, 1.807) is 17.5 Å². The van der Waals surface area contributed by atoms with Crippen molar-refractivity contribution in [3.63, 3.8) is 0 Å². The molecule has 0 N–H and O–H groups in total. The van der Waals surface area contributed by atoms with E-state index in [1.807, 2.05) is 76.4 Å². The minimum Gasteiger partial charge on any atom is -0.305 e. The molecule has 7 rings (SSSR count). The van der Waals surface area contributed by atoms with Crippen LogP contribution in [-0.4, -0.2) is 18.0 Å². The minimum atomic E-state index is -1.23. The van der Waals surface area contributed by atoms with Crippen LogP contribution in [0.2, 0.25) is 19.6 Å². The predicted molar refractivity (Wildman–Crippen MR) is 199 cm³/mol. The van der Waals surface area contributed by atoms with Crippen LogP contribution in [0.4, 0.5) is 0 Å². The topological polar surface area (TPSA) is 25.8 Å². The molecule has 0 unspecified atom stereocenters. The first-order valence-electron chi connectivity index (χ1n) is 16.4. The Balaban J connectivity index is 0.000000224. The van der Waals surface area contributed by atoms with Crippen molar-refractivity contribution in [2.75, 3.05) is 0 Å². The smallest absolute Gasteiger partial charge is 0.0795 e. The number of nitrogens with zero attached hydrogens (tertiary/aromatic N) is 2. The summed E-state index contributed by atoms with van der Waals surface area (Å²) in [6.45, 7) is 14.7. The Labute approximate surface area is 295 Å². The molecule has 0 bridgehead atoms. The fraction of sp³-hybridized carbons (Fsp3) is 0.220. The zero-order valence-corrected chi connectivity index (χ0v) is 31.7. The number of benzene rings is 4. The second kappa shape index (κ2) is 14.1. The van der Waals surface area contributed by atoms with Gasteiger partial charge >= 0.3 is 0 Å². The summed E-state index contributed by atoms with van der Waals surface area (Å²) in [5, 5.41) is 6.15. The molecule has 0 aliphatic heterocycles. The van der Waals surface area contributed by atoms with Crippen molar-refractivity contribution in [1.82, 2.24) is 9.97 Å². The number of aromatic nitrogens is 2. The van der Waals surface area contributed by atoms with Gasteiger partial charge in [-0.3, -0.25) is 0 Å². The van der Waals surface area contributed by atoms with E-state index < -0.39 is 19.9 Å². The quantitative estimate of drug-likeness (QED) is 0.128. The fourth-order valence-corrected chi connectivity index (χ4v) is 7.98. The monoisotopic (exact) mass is 815 g/mol. The molecule has 235 valence electrons. The van der Waals surface area contributed by atoms with Crippen LogP contribution in [0.25, 0.3) is 53.5 Å². The van der Waals surface area contributed by atoms with Gasteiger partial charge in [-0.2, -0.15) is 11.3 Å². The number of hydrogen-bond acceptors (Lipinski definition) is 3. The van der Waals surface area contributed by atoms with Gasteiger partial charge in [0.1, 0.15) is 0 Å². The van der Waals surface area contributed by atoms with E-state index >= 15 is 0 Å². The first-order valence-corrected chi connectivity index (χ1v) is 19.7. The molecule has 0 spiro atoms. The molecular formula is C41H40IrN2SSi-2. The molecule has 1 radical (unpaired) electrons. The average Bonchev–Trinajstić information content (AvgIpc) is 3.44. The zero-order valence-electron chi connectivity index (χ0n) is 29.5. The number of rotatable bonds is 5. The largest absolute Gasteiger partial charge is 0.305 e. The fourth-order valence-electron chi connectivity index (χ4n) is 5.61. The van der Waals surface area contributed by atoms with Crippen LogP contribution in [0, 0.1) is 12.1 Å². The minimum absolute atomic E-state index is 0. The van der Waals surface area contributed by atoms with Crippen molar-refractivity contribution in [1.29, 1.82) is 0 Å². The Morgan fingerprint density at radius 2 is 1.46 bits per heavy atom. The molecule has 0 aliphatic carbocycles. The molecular weight excluding hydrogens is 773 g/mol. The number of pyridine rings is 2. The molecule has 5 heteroatoms. The zero-order chi connectivity index (χ0) is 33.6. The normalized spacial score (nSPS) is 12.7. The maximum absolute atomic E-state index is 8.56. The van der Waals surface area contributed by atoms with Gasteiger partial charge in [0.2, 0.25) is 0 Å². The van der Waals surface area contributed by atoms with Crippen molar-refractivity contribution >= 4 is 55.5 Å². The number of fused-ring (bicyclic) bond motifs is 5. The van der Waals surface area contributed by atoms with Crippen molar-refractivity contribution in [2.24, 2.45) is 0 Å². The summed E-state index contributed by atoms with van der Waals surface area (Å²) in [5.74, 6) is -1.34. The van der Waals surface area contributed by atoms with Crippen LogP contribution >= 0.6 is 11.3 Å². The molecule has 0 atom stereocenters. The summed E-state index contributed by atoms with van der Waals surface area (Å²) in [6, 6.07) is 37.5. The number of thiophene rings is 1. The van der Waals surface area contributed by atoms with Gasteiger partial charge < -0.3 is 9.97 Å². The summed E-state index contributed by atoms with van der Waals surface area (Å²) in [6.07, 6.45) is 3.81. The molecule has 0 amide bonds. The van der Waals surface area contributed by atoms with Crippen molar-refractivity contribution in [3.8, 4) is 22.5 Å². The van der Waals surface area contributed by atoms with Crippen LogP contribution in [0.1, 0.15) is 53.4 Å². The standard InChI is InChI=1S/C27H24NS.C14H16NSi.Ir/c1-16(2)18-13-14-28-25(15-18)24-10-6-9-22-23-12-11-20-19(17(3)4)7-5-8-21(20)26(23)29-27(22)24;1-16(2,3)13-9-10-14(15-11-13)12-7-5-4-6-8-12;/h5-9,11-17H,1-4H3;4-7,9-11H,1-3H3;/q2*-1;/i16D,17D;;. The van der Waals surface area contributed by atoms with Gasteiger partial charge in [0.25, 0.3) is 0 Å². The molecule has 3 aromatic heterocycles. The Hall–Kier alpha value is -3.47. The molecule has 2 nitrogen and oxygen atoms in total. The van der Waals surface area contributed by atoms with Crippen LogP contribution < -0.4 is 5.19 Å². The Morgan fingerprint density at radius 1 is 0.696 bits per heavy atom. The SMILES string of the molecule is C[Si](C)(C)c1ccc(-c2[c-]cccc2)nc1.[2H]C(C)(C)c1ccnc(-c2[c-]ccc3c2sc2c4cccc(C([2H])(C)C)c4ccc32)c1.[Ir]. The summed E-state index contributed by atoms with van der Waals surface area (Å²) in [5.41, 5.74) is 5.88. The van der Waals surface area contributed by atoms with Gasteiger partial charge in [-0.15, -0.1) is 59.7 Å². The van der Waals surface area contributed by atoms with Gasteiger partial charge in [-0.05, 0) is 60.9 Å². The van der Waals surface area contributed by atoms with Gasteiger partial charge in [-0.25, -0.2) is 0 Å². The summed E-state index contributed by atoms with van der Waals surface area (Å²) >= 11 is 1.77. The van der Waals surface area contributed by atoms with Gasteiger partial charge in [0, 0.05) is 39.9 Å². The number of hydrogen-bond donors (Lipinski definition) is 0. The third-order valence-electron chi connectivity index (χ3n) is 8.20. The van der Waals surface area contributed by atoms with Gasteiger partial charge in [0.15, 0.2) is 0 Å². The molecule has 0 fully saturated rings. The molecule has 4 aromatic carbocycles. The Bertz CT molecular complexity index is 2190.